The highest BCUT2D eigenvalue weighted by molar-refractivity contribution is 7.19. The van der Waals surface area contributed by atoms with Gasteiger partial charge in [0, 0.05) is 42.4 Å². The summed E-state index contributed by atoms with van der Waals surface area (Å²) in [5.74, 6) is 3.17. The van der Waals surface area contributed by atoms with E-state index in [2.05, 4.69) is 43.5 Å². The van der Waals surface area contributed by atoms with E-state index in [-0.39, 0.29) is 0 Å². The van der Waals surface area contributed by atoms with Crippen molar-refractivity contribution in [3.8, 4) is 11.5 Å². The van der Waals surface area contributed by atoms with Crippen LogP contribution < -0.4 is 15.4 Å². The van der Waals surface area contributed by atoms with E-state index in [4.69, 9.17) is 9.47 Å². The predicted molar refractivity (Wildman–Crippen MR) is 161 cm³/mol. The lowest BCUT2D eigenvalue weighted by Crippen LogP contribution is -2.40. The third-order valence-electron chi connectivity index (χ3n) is 7.93. The first kappa shape index (κ1) is 27.1. The first-order valence-corrected chi connectivity index (χ1v) is 15.2. The van der Waals surface area contributed by atoms with Gasteiger partial charge in [-0.05, 0) is 93.5 Å². The zero-order chi connectivity index (χ0) is 27.3. The highest BCUT2D eigenvalue weighted by Crippen LogP contribution is 2.41. The van der Waals surface area contributed by atoms with Crippen LogP contribution in [-0.4, -0.2) is 65.8 Å². The first-order valence-electron chi connectivity index (χ1n) is 14.4. The number of hydrogen-bond acceptors (Lipinski definition) is 9. The molecule has 1 aliphatic carbocycles. The molecular formula is C31H38N6O2S. The monoisotopic (exact) mass is 558 g/mol. The van der Waals surface area contributed by atoms with Crippen LogP contribution in [-0.2, 0) is 17.6 Å². The Bertz CT molecular complexity index is 1430. The van der Waals surface area contributed by atoms with E-state index in [9.17, 15) is 0 Å². The smallest absolute Gasteiger partial charge is 0.145 e. The average molecular weight is 559 g/mol. The number of aryl methyl sites for hydroxylation is 3. The van der Waals surface area contributed by atoms with Crippen molar-refractivity contribution in [2.75, 3.05) is 51.3 Å². The molecule has 0 bridgehead atoms. The fourth-order valence-electron chi connectivity index (χ4n) is 5.63. The standard InChI is InChI=1S/C31H38N6O2S/c1-21-17-24(5-8-27(21)39-25-6-3-22(2)33-19-25)36-30-29-26-7-4-23(18-28(26)40-31(29)35-20-34-30)9-10-32-11-12-37-13-15-38-16-14-37/h3,5-6,8,17,19-20,23,32H,4,7,9-16,18H2,1-2H3,(H,34,35,36). The largest absolute Gasteiger partial charge is 0.455 e. The van der Waals surface area contributed by atoms with Crippen LogP contribution in [0.4, 0.5) is 11.5 Å². The Labute approximate surface area is 240 Å². The van der Waals surface area contributed by atoms with Crippen molar-refractivity contribution in [1.29, 1.82) is 0 Å². The summed E-state index contributed by atoms with van der Waals surface area (Å²) >= 11 is 1.84. The summed E-state index contributed by atoms with van der Waals surface area (Å²) in [6.07, 6.45) is 8.10. The molecule has 4 aromatic rings. The minimum Gasteiger partial charge on any atom is -0.455 e. The number of nitrogens with one attached hydrogen (secondary N) is 2. The molecule has 3 aromatic heterocycles. The number of rotatable bonds is 10. The van der Waals surface area contributed by atoms with E-state index < -0.39 is 0 Å². The molecular weight excluding hydrogens is 520 g/mol. The summed E-state index contributed by atoms with van der Waals surface area (Å²) in [7, 11) is 0. The van der Waals surface area contributed by atoms with Crippen LogP contribution in [0.5, 0.6) is 11.5 Å². The highest BCUT2D eigenvalue weighted by Gasteiger charge is 2.25. The van der Waals surface area contributed by atoms with Gasteiger partial charge in [-0.2, -0.15) is 0 Å². The number of hydrogen-bond donors (Lipinski definition) is 2. The topological polar surface area (TPSA) is 84.4 Å². The number of fused-ring (bicyclic) bond motifs is 3. The number of benzene rings is 1. The maximum absolute atomic E-state index is 6.06. The number of thiophene rings is 1. The van der Waals surface area contributed by atoms with Crippen molar-refractivity contribution >= 4 is 33.1 Å². The highest BCUT2D eigenvalue weighted by atomic mass is 32.1. The summed E-state index contributed by atoms with van der Waals surface area (Å²) in [6.45, 7) is 11.1. The number of ether oxygens (including phenoxy) is 2. The molecule has 40 heavy (non-hydrogen) atoms. The van der Waals surface area contributed by atoms with Crippen molar-refractivity contribution in [2.24, 2.45) is 5.92 Å². The molecule has 4 heterocycles. The van der Waals surface area contributed by atoms with Crippen LogP contribution in [0.2, 0.25) is 0 Å². The zero-order valence-corrected chi connectivity index (χ0v) is 24.2. The number of aromatic nitrogens is 3. The fraction of sp³-hybridized carbons (Fsp3) is 0.452. The Morgan fingerprint density at radius 1 is 1.07 bits per heavy atom. The number of anilines is 2. The molecule has 0 amide bonds. The van der Waals surface area contributed by atoms with Gasteiger partial charge in [0.1, 0.15) is 28.5 Å². The molecule has 2 N–H and O–H groups in total. The van der Waals surface area contributed by atoms with Gasteiger partial charge in [0.2, 0.25) is 0 Å². The van der Waals surface area contributed by atoms with Gasteiger partial charge in [-0.3, -0.25) is 9.88 Å². The molecule has 2 aliphatic rings. The van der Waals surface area contributed by atoms with Gasteiger partial charge in [-0.1, -0.05) is 0 Å². The van der Waals surface area contributed by atoms with Crippen LogP contribution in [0.15, 0.2) is 42.9 Å². The number of morpholine rings is 1. The van der Waals surface area contributed by atoms with E-state index in [0.29, 0.717) is 0 Å². The van der Waals surface area contributed by atoms with Crippen molar-refractivity contribution in [3.05, 3.63) is 64.6 Å². The molecule has 8 nitrogen and oxygen atoms in total. The Kier molecular flexibility index (Phi) is 8.53. The summed E-state index contributed by atoms with van der Waals surface area (Å²) in [6, 6.07) is 10.0. The SMILES string of the molecule is Cc1ccc(Oc2ccc(Nc3ncnc4sc5c(c34)CCC(CCNCCN3CCOCC3)C5)cc2C)cn1. The quantitative estimate of drug-likeness (QED) is 0.242. The van der Waals surface area contributed by atoms with Gasteiger partial charge in [0.05, 0.1) is 24.8 Å². The van der Waals surface area contributed by atoms with Crippen LogP contribution in [0.1, 0.15) is 34.5 Å². The van der Waals surface area contributed by atoms with Gasteiger partial charge in [0.25, 0.3) is 0 Å². The van der Waals surface area contributed by atoms with Crippen molar-refractivity contribution in [3.63, 3.8) is 0 Å². The van der Waals surface area contributed by atoms with Crippen LogP contribution in [0.3, 0.4) is 0 Å². The lowest BCUT2D eigenvalue weighted by atomic mass is 9.86. The van der Waals surface area contributed by atoms with E-state index in [0.717, 1.165) is 104 Å². The molecule has 1 fully saturated rings. The molecule has 0 spiro atoms. The Balaban J connectivity index is 1.07. The van der Waals surface area contributed by atoms with Crippen molar-refractivity contribution < 1.29 is 9.47 Å². The molecule has 0 saturated carbocycles. The fourth-order valence-corrected chi connectivity index (χ4v) is 6.93. The molecule has 9 heteroatoms. The second kappa shape index (κ2) is 12.6. The predicted octanol–water partition coefficient (Wildman–Crippen LogP) is 5.66. The number of nitrogens with zero attached hydrogens (tertiary/aromatic N) is 4. The lowest BCUT2D eigenvalue weighted by molar-refractivity contribution is 0.0384. The molecule has 1 aromatic carbocycles. The summed E-state index contributed by atoms with van der Waals surface area (Å²) in [5.41, 5.74) is 4.44. The van der Waals surface area contributed by atoms with Crippen molar-refractivity contribution in [1.82, 2.24) is 25.2 Å². The first-order chi connectivity index (χ1) is 19.6. The van der Waals surface area contributed by atoms with Crippen molar-refractivity contribution in [2.45, 2.75) is 39.5 Å². The van der Waals surface area contributed by atoms with Gasteiger partial charge in [0.15, 0.2) is 0 Å². The molecule has 1 atom stereocenters. The average Bonchev–Trinajstić information content (AvgIpc) is 3.35. The maximum Gasteiger partial charge on any atom is 0.145 e. The van der Waals surface area contributed by atoms with Crippen LogP contribution >= 0.6 is 11.3 Å². The van der Waals surface area contributed by atoms with E-state index in [1.54, 1.807) is 12.5 Å². The Morgan fingerprint density at radius 3 is 2.80 bits per heavy atom. The Morgan fingerprint density at radius 2 is 1.98 bits per heavy atom. The second-order valence-corrected chi connectivity index (χ2v) is 11.9. The molecule has 0 radical (unpaired) electrons. The third kappa shape index (κ3) is 6.44. The number of pyridine rings is 1. The minimum atomic E-state index is 0.722. The Hall–Kier alpha value is -3.11. The van der Waals surface area contributed by atoms with Gasteiger partial charge < -0.3 is 20.1 Å². The van der Waals surface area contributed by atoms with Crippen LogP contribution in [0, 0.1) is 19.8 Å². The summed E-state index contributed by atoms with van der Waals surface area (Å²) in [4.78, 5) is 18.7. The maximum atomic E-state index is 6.06. The molecule has 6 rings (SSSR count). The molecule has 1 aliphatic heterocycles. The zero-order valence-electron chi connectivity index (χ0n) is 23.4. The molecule has 1 saturated heterocycles. The summed E-state index contributed by atoms with van der Waals surface area (Å²) < 4.78 is 11.5. The van der Waals surface area contributed by atoms with Crippen LogP contribution in [0.25, 0.3) is 10.2 Å². The van der Waals surface area contributed by atoms with Gasteiger partial charge in [-0.25, -0.2) is 9.97 Å². The minimum absolute atomic E-state index is 0.722. The van der Waals surface area contributed by atoms with E-state index in [1.807, 2.05) is 42.5 Å². The van der Waals surface area contributed by atoms with Gasteiger partial charge >= 0.3 is 0 Å². The molecule has 210 valence electrons. The third-order valence-corrected chi connectivity index (χ3v) is 9.10. The molecule has 1 unspecified atom stereocenters. The lowest BCUT2D eigenvalue weighted by Gasteiger charge is -2.27. The second-order valence-electron chi connectivity index (χ2n) is 10.9. The van der Waals surface area contributed by atoms with E-state index >= 15 is 0 Å². The normalized spacial score (nSPS) is 17.6. The summed E-state index contributed by atoms with van der Waals surface area (Å²) in [5, 5.41) is 8.43. The van der Waals surface area contributed by atoms with E-state index in [1.165, 1.54) is 28.7 Å². The van der Waals surface area contributed by atoms with Gasteiger partial charge in [-0.15, -0.1) is 11.3 Å².